The van der Waals surface area contributed by atoms with Crippen molar-refractivity contribution in [3.63, 3.8) is 0 Å². The number of amides is 1. The number of aryl methyl sites for hydroxylation is 2. The number of nitrogens with one attached hydrogen (secondary N) is 1. The molecule has 0 spiro atoms. The van der Waals surface area contributed by atoms with Gasteiger partial charge in [0.2, 0.25) is 15.9 Å². The summed E-state index contributed by atoms with van der Waals surface area (Å²) in [7, 11) is -3.69. The molecule has 0 aromatic heterocycles. The Morgan fingerprint density at radius 1 is 1.08 bits per heavy atom. The van der Waals surface area contributed by atoms with Crippen LogP contribution >= 0.6 is 0 Å². The number of benzene rings is 2. The van der Waals surface area contributed by atoms with Crippen LogP contribution < -0.4 is 5.32 Å². The molecule has 0 radical (unpaired) electrons. The molecule has 1 unspecified atom stereocenters. The van der Waals surface area contributed by atoms with Gasteiger partial charge < -0.3 is 5.32 Å². The zero-order valence-electron chi connectivity index (χ0n) is 15.1. The summed E-state index contributed by atoms with van der Waals surface area (Å²) in [6.07, 6.45) is 2.13. The van der Waals surface area contributed by atoms with E-state index in [1.165, 1.54) is 4.31 Å². The zero-order valence-corrected chi connectivity index (χ0v) is 15.9. The van der Waals surface area contributed by atoms with Crippen LogP contribution in [0.25, 0.3) is 0 Å². The molecule has 2 aromatic rings. The summed E-state index contributed by atoms with van der Waals surface area (Å²) in [5, 5.41) is 2.92. The van der Waals surface area contributed by atoms with Crippen molar-refractivity contribution in [1.29, 1.82) is 0 Å². The molecule has 0 saturated carbocycles. The van der Waals surface area contributed by atoms with Crippen molar-refractivity contribution in [3.05, 3.63) is 59.7 Å². The second-order valence-corrected chi connectivity index (χ2v) is 8.64. The molecule has 26 heavy (non-hydrogen) atoms. The van der Waals surface area contributed by atoms with Crippen LogP contribution in [0.5, 0.6) is 0 Å². The first-order valence-corrected chi connectivity index (χ1v) is 10.3. The number of nitrogens with zero attached hydrogens (tertiary/aromatic N) is 1. The zero-order chi connectivity index (χ0) is 18.7. The predicted octanol–water partition coefficient (Wildman–Crippen LogP) is 3.49. The van der Waals surface area contributed by atoms with E-state index in [-0.39, 0.29) is 10.8 Å². The van der Waals surface area contributed by atoms with Gasteiger partial charge in [-0.05, 0) is 50.5 Å². The predicted molar refractivity (Wildman–Crippen MR) is 103 cm³/mol. The number of hydrogen-bond donors (Lipinski definition) is 1. The fourth-order valence-electron chi connectivity index (χ4n) is 3.35. The number of carbonyl (C=O) groups is 1. The first-order chi connectivity index (χ1) is 12.4. The molecule has 1 fully saturated rings. The van der Waals surface area contributed by atoms with Crippen molar-refractivity contribution in [1.82, 2.24) is 4.31 Å². The van der Waals surface area contributed by atoms with Crippen LogP contribution in [0.15, 0.2) is 53.4 Å². The fourth-order valence-corrected chi connectivity index (χ4v) is 5.03. The Labute approximate surface area is 155 Å². The van der Waals surface area contributed by atoms with Gasteiger partial charge >= 0.3 is 0 Å². The van der Waals surface area contributed by atoms with Gasteiger partial charge in [0.15, 0.2) is 0 Å². The summed E-state index contributed by atoms with van der Waals surface area (Å²) in [5.41, 5.74) is 2.81. The van der Waals surface area contributed by atoms with Gasteiger partial charge in [-0.15, -0.1) is 0 Å². The van der Waals surface area contributed by atoms with Gasteiger partial charge in [-0.3, -0.25) is 4.79 Å². The van der Waals surface area contributed by atoms with Crippen LogP contribution in [0.2, 0.25) is 0 Å². The lowest BCUT2D eigenvalue weighted by atomic mass is 10.0. The molecular formula is C20H24N2O3S. The smallest absolute Gasteiger partial charge is 0.243 e. The largest absolute Gasteiger partial charge is 0.324 e. The standard InChI is InChI=1S/C20H24N2O3S/c1-15-11-12-18(16(2)14-15)21-20(23)19-10-6-7-13-22(19)26(24,25)17-8-4-3-5-9-17/h3-5,8-9,11-12,14,19H,6-7,10,13H2,1-2H3,(H,21,23). The average molecular weight is 372 g/mol. The highest BCUT2D eigenvalue weighted by Crippen LogP contribution is 2.27. The summed E-state index contributed by atoms with van der Waals surface area (Å²) in [5.74, 6) is -0.267. The van der Waals surface area contributed by atoms with Crippen LogP contribution in [0.1, 0.15) is 30.4 Å². The Balaban J connectivity index is 1.86. The third-order valence-corrected chi connectivity index (χ3v) is 6.67. The summed E-state index contributed by atoms with van der Waals surface area (Å²) in [4.78, 5) is 13.1. The minimum Gasteiger partial charge on any atom is -0.324 e. The summed E-state index contributed by atoms with van der Waals surface area (Å²) < 4.78 is 27.4. The number of rotatable bonds is 4. The topological polar surface area (TPSA) is 66.5 Å². The fraction of sp³-hybridized carbons (Fsp3) is 0.350. The summed E-state index contributed by atoms with van der Waals surface area (Å²) in [6, 6.07) is 13.4. The first kappa shape index (κ1) is 18.6. The van der Waals surface area contributed by atoms with E-state index < -0.39 is 16.1 Å². The van der Waals surface area contributed by atoms with Gasteiger partial charge in [-0.2, -0.15) is 4.31 Å². The van der Waals surface area contributed by atoms with E-state index in [4.69, 9.17) is 0 Å². The van der Waals surface area contributed by atoms with Gasteiger partial charge in [0.25, 0.3) is 0 Å². The number of hydrogen-bond acceptors (Lipinski definition) is 3. The molecule has 1 N–H and O–H groups in total. The number of sulfonamides is 1. The number of carbonyl (C=O) groups excluding carboxylic acids is 1. The lowest BCUT2D eigenvalue weighted by Crippen LogP contribution is -2.49. The molecule has 2 aromatic carbocycles. The van der Waals surface area contributed by atoms with Crippen LogP contribution in [0.3, 0.4) is 0 Å². The van der Waals surface area contributed by atoms with Crippen molar-refractivity contribution >= 4 is 21.6 Å². The minimum absolute atomic E-state index is 0.228. The third kappa shape index (κ3) is 3.81. The molecule has 0 bridgehead atoms. The average Bonchev–Trinajstić information content (AvgIpc) is 2.64. The van der Waals surface area contributed by atoms with Crippen LogP contribution in [0, 0.1) is 13.8 Å². The van der Waals surface area contributed by atoms with Crippen molar-refractivity contribution in [2.45, 2.75) is 44.0 Å². The first-order valence-electron chi connectivity index (χ1n) is 8.84. The molecule has 1 atom stereocenters. The van der Waals surface area contributed by atoms with Gasteiger partial charge in [-0.1, -0.05) is 42.3 Å². The normalized spacial score (nSPS) is 18.5. The quantitative estimate of drug-likeness (QED) is 0.893. The summed E-state index contributed by atoms with van der Waals surface area (Å²) in [6.45, 7) is 4.29. The van der Waals surface area contributed by atoms with Crippen LogP contribution in [-0.2, 0) is 14.8 Å². The Morgan fingerprint density at radius 2 is 1.81 bits per heavy atom. The molecule has 1 aliphatic heterocycles. The summed E-state index contributed by atoms with van der Waals surface area (Å²) >= 11 is 0. The van der Waals surface area contributed by atoms with Crippen LogP contribution in [-0.4, -0.2) is 31.2 Å². The molecule has 138 valence electrons. The second kappa shape index (κ2) is 7.60. The van der Waals surface area contributed by atoms with Crippen molar-refractivity contribution in [2.75, 3.05) is 11.9 Å². The third-order valence-electron chi connectivity index (χ3n) is 4.75. The molecule has 1 aliphatic rings. The van der Waals surface area contributed by atoms with E-state index in [9.17, 15) is 13.2 Å². The lowest BCUT2D eigenvalue weighted by molar-refractivity contribution is -0.120. The Bertz CT molecular complexity index is 895. The molecule has 1 saturated heterocycles. The molecule has 1 amide bonds. The molecular weight excluding hydrogens is 348 g/mol. The van der Waals surface area contributed by atoms with Gasteiger partial charge in [0.05, 0.1) is 4.90 Å². The van der Waals surface area contributed by atoms with Crippen molar-refractivity contribution in [3.8, 4) is 0 Å². The van der Waals surface area contributed by atoms with Gasteiger partial charge in [0.1, 0.15) is 6.04 Å². The number of piperidine rings is 1. The van der Waals surface area contributed by atoms with Gasteiger partial charge in [-0.25, -0.2) is 8.42 Å². The van der Waals surface area contributed by atoms with Gasteiger partial charge in [0, 0.05) is 12.2 Å². The Kier molecular flexibility index (Phi) is 5.44. The van der Waals surface area contributed by atoms with E-state index >= 15 is 0 Å². The highest BCUT2D eigenvalue weighted by atomic mass is 32.2. The molecule has 5 nitrogen and oxygen atoms in total. The highest BCUT2D eigenvalue weighted by molar-refractivity contribution is 7.89. The monoisotopic (exact) mass is 372 g/mol. The maximum atomic E-state index is 13.0. The van der Waals surface area contributed by atoms with Crippen molar-refractivity contribution in [2.24, 2.45) is 0 Å². The van der Waals surface area contributed by atoms with E-state index in [1.54, 1.807) is 30.3 Å². The lowest BCUT2D eigenvalue weighted by Gasteiger charge is -2.33. The van der Waals surface area contributed by atoms with E-state index in [2.05, 4.69) is 5.32 Å². The van der Waals surface area contributed by atoms with E-state index in [0.717, 1.165) is 29.7 Å². The van der Waals surface area contributed by atoms with E-state index in [1.807, 2.05) is 32.0 Å². The second-order valence-electron chi connectivity index (χ2n) is 6.75. The maximum Gasteiger partial charge on any atom is 0.243 e. The highest BCUT2D eigenvalue weighted by Gasteiger charge is 2.37. The molecule has 3 rings (SSSR count). The Hall–Kier alpha value is -2.18. The SMILES string of the molecule is Cc1ccc(NC(=O)C2CCCCN2S(=O)(=O)c2ccccc2)c(C)c1. The van der Waals surface area contributed by atoms with E-state index in [0.29, 0.717) is 13.0 Å². The maximum absolute atomic E-state index is 13.0. The molecule has 1 heterocycles. The molecule has 0 aliphatic carbocycles. The van der Waals surface area contributed by atoms with Crippen molar-refractivity contribution < 1.29 is 13.2 Å². The number of anilines is 1. The minimum atomic E-state index is -3.69. The van der Waals surface area contributed by atoms with Crippen LogP contribution in [0.4, 0.5) is 5.69 Å². The molecule has 6 heteroatoms. The Morgan fingerprint density at radius 3 is 2.50 bits per heavy atom.